The Hall–Kier alpha value is -0.570. The van der Waals surface area contributed by atoms with Gasteiger partial charge in [-0.05, 0) is 44.4 Å². The first-order valence-corrected chi connectivity index (χ1v) is 5.79. The lowest BCUT2D eigenvalue weighted by atomic mass is 9.75. The number of aliphatic carboxylic acids is 1. The number of carboxylic acids is 1. The second-order valence-corrected chi connectivity index (χ2v) is 5.21. The third-order valence-corrected chi connectivity index (χ3v) is 3.57. The Balaban J connectivity index is 2.37. The summed E-state index contributed by atoms with van der Waals surface area (Å²) in [4.78, 5) is 10.4. The van der Waals surface area contributed by atoms with Gasteiger partial charge in [-0.15, -0.1) is 0 Å². The first-order valence-electron chi connectivity index (χ1n) is 5.79. The maximum atomic E-state index is 10.4. The molecule has 0 aromatic heterocycles. The van der Waals surface area contributed by atoms with Gasteiger partial charge in [0, 0.05) is 0 Å². The predicted molar refractivity (Wildman–Crippen MR) is 58.8 cm³/mol. The van der Waals surface area contributed by atoms with Gasteiger partial charge in [0.2, 0.25) is 0 Å². The fourth-order valence-corrected chi connectivity index (χ4v) is 2.30. The molecule has 15 heavy (non-hydrogen) atoms. The first-order chi connectivity index (χ1) is 6.93. The van der Waals surface area contributed by atoms with Crippen LogP contribution in [0.4, 0.5) is 0 Å². The van der Waals surface area contributed by atoms with Gasteiger partial charge in [0.1, 0.15) is 6.61 Å². The zero-order valence-electron chi connectivity index (χ0n) is 9.95. The number of hydrogen-bond acceptors (Lipinski definition) is 2. The molecule has 1 fully saturated rings. The Morgan fingerprint density at radius 2 is 2.00 bits per heavy atom. The summed E-state index contributed by atoms with van der Waals surface area (Å²) in [6, 6.07) is 0. The molecule has 0 atom stereocenters. The van der Waals surface area contributed by atoms with Gasteiger partial charge in [-0.3, -0.25) is 0 Å². The van der Waals surface area contributed by atoms with E-state index in [1.54, 1.807) is 0 Å². The van der Waals surface area contributed by atoms with Crippen molar-refractivity contribution in [3.63, 3.8) is 0 Å². The van der Waals surface area contributed by atoms with Crippen LogP contribution in [0.3, 0.4) is 0 Å². The molecule has 1 aliphatic carbocycles. The molecule has 0 aromatic carbocycles. The quantitative estimate of drug-likeness (QED) is 0.782. The molecule has 0 aromatic rings. The van der Waals surface area contributed by atoms with Crippen LogP contribution in [-0.4, -0.2) is 23.3 Å². The summed E-state index contributed by atoms with van der Waals surface area (Å²) in [7, 11) is 0. The van der Waals surface area contributed by atoms with Crippen molar-refractivity contribution in [2.45, 2.75) is 52.1 Å². The minimum atomic E-state index is -0.873. The van der Waals surface area contributed by atoms with Crippen molar-refractivity contribution >= 4 is 5.97 Å². The Morgan fingerprint density at radius 3 is 2.40 bits per heavy atom. The first kappa shape index (κ1) is 12.5. The summed E-state index contributed by atoms with van der Waals surface area (Å²) < 4.78 is 5.46. The van der Waals surface area contributed by atoms with Gasteiger partial charge >= 0.3 is 5.97 Å². The van der Waals surface area contributed by atoms with E-state index in [0.717, 1.165) is 37.5 Å². The van der Waals surface area contributed by atoms with Gasteiger partial charge in [-0.2, -0.15) is 0 Å². The van der Waals surface area contributed by atoms with Crippen molar-refractivity contribution in [2.75, 3.05) is 6.61 Å². The van der Waals surface area contributed by atoms with Crippen LogP contribution >= 0.6 is 0 Å². The number of rotatable bonds is 4. The molecule has 1 N–H and O–H groups in total. The van der Waals surface area contributed by atoms with Gasteiger partial charge in [-0.25, -0.2) is 4.79 Å². The standard InChI is InChI=1S/C12H22O3/c1-9(2)10-4-6-12(3,7-5-10)15-8-11(13)14/h9-10H,4-8H2,1-3H3,(H,13,14). The fraction of sp³-hybridized carbons (Fsp3) is 0.917. The summed E-state index contributed by atoms with van der Waals surface area (Å²) in [5, 5.41) is 8.57. The molecule has 1 rings (SSSR count). The molecule has 0 spiro atoms. The largest absolute Gasteiger partial charge is 0.480 e. The SMILES string of the molecule is CC(C)C1CCC(C)(OCC(=O)O)CC1. The molecule has 0 unspecified atom stereocenters. The highest BCUT2D eigenvalue weighted by molar-refractivity contribution is 5.68. The Bertz CT molecular complexity index is 215. The lowest BCUT2D eigenvalue weighted by Gasteiger charge is -2.38. The summed E-state index contributed by atoms with van der Waals surface area (Å²) in [5.41, 5.74) is -0.205. The number of hydrogen-bond donors (Lipinski definition) is 1. The van der Waals surface area contributed by atoms with E-state index in [4.69, 9.17) is 9.84 Å². The third-order valence-electron chi connectivity index (χ3n) is 3.57. The zero-order valence-corrected chi connectivity index (χ0v) is 9.95. The van der Waals surface area contributed by atoms with E-state index in [9.17, 15) is 4.79 Å². The van der Waals surface area contributed by atoms with Gasteiger partial charge in [0.15, 0.2) is 0 Å². The van der Waals surface area contributed by atoms with Gasteiger partial charge in [0.25, 0.3) is 0 Å². The molecule has 3 nitrogen and oxygen atoms in total. The summed E-state index contributed by atoms with van der Waals surface area (Å²) >= 11 is 0. The molecule has 0 amide bonds. The topological polar surface area (TPSA) is 46.5 Å². The molecule has 1 saturated carbocycles. The van der Waals surface area contributed by atoms with Gasteiger partial charge in [0.05, 0.1) is 5.60 Å². The Kier molecular flexibility index (Phi) is 4.14. The van der Waals surface area contributed by atoms with E-state index in [0.29, 0.717) is 0 Å². The Morgan fingerprint density at radius 1 is 1.47 bits per heavy atom. The summed E-state index contributed by atoms with van der Waals surface area (Å²) in [6.45, 7) is 6.38. The molecule has 1 aliphatic rings. The Labute approximate surface area is 91.8 Å². The average Bonchev–Trinajstić information content (AvgIpc) is 2.16. The number of carbonyl (C=O) groups is 1. The van der Waals surface area contributed by atoms with E-state index in [2.05, 4.69) is 13.8 Å². The van der Waals surface area contributed by atoms with E-state index in [1.807, 2.05) is 6.92 Å². The minimum absolute atomic E-state index is 0.164. The highest BCUT2D eigenvalue weighted by Crippen LogP contribution is 2.37. The van der Waals surface area contributed by atoms with Crippen molar-refractivity contribution in [3.8, 4) is 0 Å². The molecule has 0 saturated heterocycles. The van der Waals surface area contributed by atoms with E-state index in [-0.39, 0.29) is 12.2 Å². The van der Waals surface area contributed by atoms with Crippen LogP contribution < -0.4 is 0 Å². The summed E-state index contributed by atoms with van der Waals surface area (Å²) in [6.07, 6.45) is 4.30. The number of carboxylic acid groups (broad SMARTS) is 1. The van der Waals surface area contributed by atoms with Crippen molar-refractivity contribution in [2.24, 2.45) is 11.8 Å². The van der Waals surface area contributed by atoms with Gasteiger partial charge in [-0.1, -0.05) is 13.8 Å². The lowest BCUT2D eigenvalue weighted by molar-refractivity contribution is -0.151. The molecule has 3 heteroatoms. The number of ether oxygens (including phenoxy) is 1. The van der Waals surface area contributed by atoms with Crippen LogP contribution in [0.2, 0.25) is 0 Å². The van der Waals surface area contributed by atoms with Crippen LogP contribution in [-0.2, 0) is 9.53 Å². The van der Waals surface area contributed by atoms with Gasteiger partial charge < -0.3 is 9.84 Å². The van der Waals surface area contributed by atoms with Crippen molar-refractivity contribution in [1.29, 1.82) is 0 Å². The highest BCUT2D eigenvalue weighted by atomic mass is 16.5. The smallest absolute Gasteiger partial charge is 0.329 e. The monoisotopic (exact) mass is 214 g/mol. The molecule has 0 bridgehead atoms. The maximum absolute atomic E-state index is 10.4. The van der Waals surface area contributed by atoms with E-state index in [1.165, 1.54) is 0 Å². The van der Waals surface area contributed by atoms with Crippen molar-refractivity contribution < 1.29 is 14.6 Å². The van der Waals surface area contributed by atoms with Crippen LogP contribution in [0.1, 0.15) is 46.5 Å². The maximum Gasteiger partial charge on any atom is 0.329 e. The highest BCUT2D eigenvalue weighted by Gasteiger charge is 2.33. The normalized spacial score (nSPS) is 31.9. The molecule has 0 radical (unpaired) electrons. The van der Waals surface area contributed by atoms with Crippen molar-refractivity contribution in [3.05, 3.63) is 0 Å². The van der Waals surface area contributed by atoms with Crippen LogP contribution in [0, 0.1) is 11.8 Å². The van der Waals surface area contributed by atoms with Crippen LogP contribution in [0.25, 0.3) is 0 Å². The molecule has 0 heterocycles. The van der Waals surface area contributed by atoms with Crippen LogP contribution in [0.5, 0.6) is 0 Å². The molecule has 88 valence electrons. The minimum Gasteiger partial charge on any atom is -0.480 e. The predicted octanol–water partition coefficient (Wildman–Crippen LogP) is 2.69. The third kappa shape index (κ3) is 3.82. The molecular formula is C12H22O3. The second-order valence-electron chi connectivity index (χ2n) is 5.21. The van der Waals surface area contributed by atoms with Crippen molar-refractivity contribution in [1.82, 2.24) is 0 Å². The fourth-order valence-electron chi connectivity index (χ4n) is 2.30. The van der Waals surface area contributed by atoms with E-state index >= 15 is 0 Å². The second kappa shape index (κ2) is 4.97. The lowest BCUT2D eigenvalue weighted by Crippen LogP contribution is -2.36. The van der Waals surface area contributed by atoms with E-state index < -0.39 is 5.97 Å². The van der Waals surface area contributed by atoms with Crippen LogP contribution in [0.15, 0.2) is 0 Å². The summed E-state index contributed by atoms with van der Waals surface area (Å²) in [5.74, 6) is 0.641. The molecular weight excluding hydrogens is 192 g/mol. The zero-order chi connectivity index (χ0) is 11.5. The average molecular weight is 214 g/mol. The molecule has 0 aliphatic heterocycles.